The Labute approximate surface area is 152 Å². The molecule has 6 nitrogen and oxygen atoms in total. The predicted octanol–water partition coefficient (Wildman–Crippen LogP) is 2.62. The summed E-state index contributed by atoms with van der Waals surface area (Å²) in [6.07, 6.45) is 1.03. The van der Waals surface area contributed by atoms with Gasteiger partial charge >= 0.3 is 0 Å². The number of nitrogens with one attached hydrogen (secondary N) is 1. The summed E-state index contributed by atoms with van der Waals surface area (Å²) < 4.78 is 43.5. The first kappa shape index (κ1) is 19.9. The highest BCUT2D eigenvalue weighted by Crippen LogP contribution is 2.23. The number of amides is 1. The summed E-state index contributed by atoms with van der Waals surface area (Å²) in [7, 11) is -3.63. The van der Waals surface area contributed by atoms with Crippen molar-refractivity contribution >= 4 is 21.6 Å². The van der Waals surface area contributed by atoms with Crippen LogP contribution in [0.2, 0.25) is 0 Å². The summed E-state index contributed by atoms with van der Waals surface area (Å²) in [5, 5.41) is 2.66. The quantitative estimate of drug-likeness (QED) is 0.764. The van der Waals surface area contributed by atoms with E-state index in [9.17, 15) is 17.6 Å². The third-order valence-electron chi connectivity index (χ3n) is 3.52. The van der Waals surface area contributed by atoms with Gasteiger partial charge in [0.15, 0.2) is 0 Å². The van der Waals surface area contributed by atoms with Gasteiger partial charge in [0.2, 0.25) is 15.9 Å². The lowest BCUT2D eigenvalue weighted by Gasteiger charge is -2.20. The van der Waals surface area contributed by atoms with Gasteiger partial charge in [-0.1, -0.05) is 24.3 Å². The van der Waals surface area contributed by atoms with Crippen LogP contribution in [0, 0.1) is 5.82 Å². The minimum absolute atomic E-state index is 0.0281. The average Bonchev–Trinajstić information content (AvgIpc) is 2.57. The highest BCUT2D eigenvalue weighted by molar-refractivity contribution is 7.88. The second-order valence-electron chi connectivity index (χ2n) is 5.63. The van der Waals surface area contributed by atoms with E-state index in [2.05, 4.69) is 5.32 Å². The molecule has 0 saturated carbocycles. The van der Waals surface area contributed by atoms with Crippen LogP contribution in [0.15, 0.2) is 48.5 Å². The number of rotatable bonds is 8. The Hall–Kier alpha value is -2.45. The molecular weight excluding hydrogens is 359 g/mol. The van der Waals surface area contributed by atoms with Crippen molar-refractivity contribution in [2.24, 2.45) is 0 Å². The number of para-hydroxylation sites is 2. The van der Waals surface area contributed by atoms with Crippen molar-refractivity contribution in [1.29, 1.82) is 0 Å². The van der Waals surface area contributed by atoms with Crippen LogP contribution < -0.4 is 10.1 Å². The molecule has 0 fully saturated rings. The van der Waals surface area contributed by atoms with Gasteiger partial charge in [0, 0.05) is 6.54 Å². The van der Waals surface area contributed by atoms with Gasteiger partial charge in [-0.2, -0.15) is 4.31 Å². The third kappa shape index (κ3) is 5.82. The van der Waals surface area contributed by atoms with Crippen molar-refractivity contribution in [3.63, 3.8) is 0 Å². The van der Waals surface area contributed by atoms with Crippen LogP contribution in [-0.4, -0.2) is 38.0 Å². The van der Waals surface area contributed by atoms with Gasteiger partial charge in [-0.05, 0) is 36.8 Å². The Morgan fingerprint density at radius 2 is 1.81 bits per heavy atom. The smallest absolute Gasteiger partial charge is 0.239 e. The normalized spacial score (nSPS) is 11.4. The second-order valence-corrected chi connectivity index (χ2v) is 7.62. The van der Waals surface area contributed by atoms with Gasteiger partial charge in [0.25, 0.3) is 0 Å². The van der Waals surface area contributed by atoms with Crippen LogP contribution in [0.4, 0.5) is 10.1 Å². The van der Waals surface area contributed by atoms with Gasteiger partial charge in [0.05, 0.1) is 25.1 Å². The molecule has 26 heavy (non-hydrogen) atoms. The van der Waals surface area contributed by atoms with Crippen LogP contribution in [0.3, 0.4) is 0 Å². The summed E-state index contributed by atoms with van der Waals surface area (Å²) in [6.45, 7) is 1.87. The Morgan fingerprint density at radius 1 is 1.15 bits per heavy atom. The number of nitrogens with zero attached hydrogens (tertiary/aromatic N) is 1. The Kier molecular flexibility index (Phi) is 6.70. The molecule has 1 amide bonds. The summed E-state index contributed by atoms with van der Waals surface area (Å²) in [5.41, 5.74) is 1.05. The summed E-state index contributed by atoms with van der Waals surface area (Å²) in [4.78, 5) is 12.3. The minimum Gasteiger partial charge on any atom is -0.492 e. The van der Waals surface area contributed by atoms with Crippen LogP contribution in [-0.2, 0) is 21.4 Å². The molecule has 140 valence electrons. The molecule has 0 spiro atoms. The van der Waals surface area contributed by atoms with E-state index in [1.165, 1.54) is 24.3 Å². The number of halogens is 1. The van der Waals surface area contributed by atoms with Crippen molar-refractivity contribution in [3.05, 3.63) is 59.9 Å². The van der Waals surface area contributed by atoms with Gasteiger partial charge in [-0.3, -0.25) is 4.79 Å². The predicted molar refractivity (Wildman–Crippen MR) is 97.9 cm³/mol. The minimum atomic E-state index is -3.63. The second kappa shape index (κ2) is 8.77. The van der Waals surface area contributed by atoms with Gasteiger partial charge in [-0.25, -0.2) is 12.8 Å². The van der Waals surface area contributed by atoms with E-state index in [1.54, 1.807) is 24.3 Å². The average molecular weight is 380 g/mol. The summed E-state index contributed by atoms with van der Waals surface area (Å²) in [5.74, 6) is -0.401. The molecule has 8 heteroatoms. The van der Waals surface area contributed by atoms with Crippen molar-refractivity contribution in [3.8, 4) is 5.75 Å². The van der Waals surface area contributed by atoms with Crippen molar-refractivity contribution in [2.75, 3.05) is 24.7 Å². The van der Waals surface area contributed by atoms with Crippen molar-refractivity contribution in [1.82, 2.24) is 4.31 Å². The zero-order valence-electron chi connectivity index (χ0n) is 14.6. The molecule has 0 aliphatic heterocycles. The Bertz CT molecular complexity index is 854. The highest BCUT2D eigenvalue weighted by atomic mass is 32.2. The van der Waals surface area contributed by atoms with Crippen LogP contribution in [0.5, 0.6) is 5.75 Å². The first-order valence-electron chi connectivity index (χ1n) is 8.01. The Morgan fingerprint density at radius 3 is 2.42 bits per heavy atom. The molecule has 0 aliphatic carbocycles. The molecule has 0 saturated heterocycles. The van der Waals surface area contributed by atoms with Gasteiger partial charge in [0.1, 0.15) is 11.6 Å². The highest BCUT2D eigenvalue weighted by Gasteiger charge is 2.21. The van der Waals surface area contributed by atoms with Crippen molar-refractivity contribution in [2.45, 2.75) is 13.5 Å². The number of ether oxygens (including phenoxy) is 1. The molecule has 0 aromatic heterocycles. The van der Waals surface area contributed by atoms with Crippen LogP contribution >= 0.6 is 0 Å². The van der Waals surface area contributed by atoms with E-state index in [4.69, 9.17) is 4.74 Å². The molecule has 0 aliphatic rings. The number of anilines is 1. The molecule has 2 aromatic carbocycles. The fourth-order valence-corrected chi connectivity index (χ4v) is 3.02. The van der Waals surface area contributed by atoms with E-state index in [0.29, 0.717) is 23.6 Å². The molecular formula is C18H21FN2O4S. The van der Waals surface area contributed by atoms with E-state index >= 15 is 0 Å². The number of carbonyl (C=O) groups is 1. The summed E-state index contributed by atoms with van der Waals surface area (Å²) in [6, 6.07) is 12.4. The number of sulfonamides is 1. The van der Waals surface area contributed by atoms with Crippen LogP contribution in [0.25, 0.3) is 0 Å². The SMILES string of the molecule is CCOc1ccccc1NC(=O)CN(Cc1ccc(F)cc1)S(C)(=O)=O. The molecule has 0 radical (unpaired) electrons. The molecule has 2 rings (SSSR count). The Balaban J connectivity index is 2.11. The maximum atomic E-state index is 13.0. The maximum absolute atomic E-state index is 13.0. The van der Waals surface area contributed by atoms with E-state index in [0.717, 1.165) is 10.6 Å². The fourth-order valence-electron chi connectivity index (χ4n) is 2.29. The lowest BCUT2D eigenvalue weighted by atomic mass is 10.2. The topological polar surface area (TPSA) is 75.7 Å². The lowest BCUT2D eigenvalue weighted by molar-refractivity contribution is -0.116. The van der Waals surface area contributed by atoms with E-state index in [-0.39, 0.29) is 13.1 Å². The van der Waals surface area contributed by atoms with Gasteiger partial charge < -0.3 is 10.1 Å². The molecule has 0 heterocycles. The zero-order chi connectivity index (χ0) is 19.2. The maximum Gasteiger partial charge on any atom is 0.239 e. The number of hydrogen-bond acceptors (Lipinski definition) is 4. The molecule has 0 atom stereocenters. The molecule has 0 unspecified atom stereocenters. The zero-order valence-corrected chi connectivity index (χ0v) is 15.4. The molecule has 0 bridgehead atoms. The lowest BCUT2D eigenvalue weighted by Crippen LogP contribution is -2.37. The van der Waals surface area contributed by atoms with Crippen LogP contribution in [0.1, 0.15) is 12.5 Å². The third-order valence-corrected chi connectivity index (χ3v) is 4.72. The summed E-state index contributed by atoms with van der Waals surface area (Å²) >= 11 is 0. The van der Waals surface area contributed by atoms with E-state index < -0.39 is 21.7 Å². The number of carbonyl (C=O) groups excluding carboxylic acids is 1. The van der Waals surface area contributed by atoms with Crippen molar-refractivity contribution < 1.29 is 22.3 Å². The number of benzene rings is 2. The molecule has 1 N–H and O–H groups in total. The monoisotopic (exact) mass is 380 g/mol. The van der Waals surface area contributed by atoms with E-state index in [1.807, 2.05) is 6.92 Å². The molecule has 2 aromatic rings. The largest absolute Gasteiger partial charge is 0.492 e. The first-order valence-corrected chi connectivity index (χ1v) is 9.85. The standard InChI is InChI=1S/C18H21FN2O4S/c1-3-25-17-7-5-4-6-16(17)20-18(22)13-21(26(2,23)24)12-14-8-10-15(19)11-9-14/h4-11H,3,12-13H2,1-2H3,(H,20,22). The fraction of sp³-hybridized carbons (Fsp3) is 0.278. The van der Waals surface area contributed by atoms with Gasteiger partial charge in [-0.15, -0.1) is 0 Å². The number of hydrogen-bond donors (Lipinski definition) is 1. The first-order chi connectivity index (χ1) is 12.3.